The van der Waals surface area contributed by atoms with E-state index in [-0.39, 0.29) is 53.0 Å². The van der Waals surface area contributed by atoms with Crippen LogP contribution in [0.5, 0.6) is 0 Å². The second-order valence-electron chi connectivity index (χ2n) is 19.1. The number of rotatable bonds is 13. The van der Waals surface area contributed by atoms with Crippen molar-refractivity contribution in [2.45, 2.75) is 129 Å². The van der Waals surface area contributed by atoms with Crippen molar-refractivity contribution >= 4 is 52.9 Å². The fraction of sp³-hybridized carbons (Fsp3) is 0.520. The van der Waals surface area contributed by atoms with E-state index in [1.807, 2.05) is 52.0 Å². The first kappa shape index (κ1) is 48.3. The van der Waals surface area contributed by atoms with Crippen molar-refractivity contribution < 1.29 is 38.2 Å². The average molecular weight is 894 g/mol. The molecule has 6 amide bonds. The number of hydrogen-bond donors (Lipinski definition) is 4. The van der Waals surface area contributed by atoms with Gasteiger partial charge >= 0.3 is 12.2 Å². The Balaban J connectivity index is 1.17. The van der Waals surface area contributed by atoms with E-state index in [9.17, 15) is 28.8 Å². The number of likely N-dealkylation sites (tertiary alicyclic amines) is 2. The number of carbonyl (C=O) groups is 6. The van der Waals surface area contributed by atoms with Gasteiger partial charge in [-0.1, -0.05) is 84.9 Å². The van der Waals surface area contributed by atoms with E-state index in [2.05, 4.69) is 95.5 Å². The van der Waals surface area contributed by atoms with Gasteiger partial charge in [0.1, 0.15) is 24.2 Å². The summed E-state index contributed by atoms with van der Waals surface area (Å²) in [6.45, 7) is 14.8. The van der Waals surface area contributed by atoms with Crippen LogP contribution in [0.3, 0.4) is 0 Å². The summed E-state index contributed by atoms with van der Waals surface area (Å²) >= 11 is 0. The molecule has 3 aromatic carbocycles. The number of ether oxygens (including phenoxy) is 2. The quantitative estimate of drug-likeness (QED) is 0.134. The van der Waals surface area contributed by atoms with Crippen LogP contribution in [0.4, 0.5) is 26.7 Å². The Morgan fingerprint density at radius 3 is 1.29 bits per heavy atom. The number of benzene rings is 3. The Hall–Kier alpha value is -6.12. The summed E-state index contributed by atoms with van der Waals surface area (Å²) in [5.41, 5.74) is 5.75. The minimum absolute atomic E-state index is 0.0132. The lowest BCUT2D eigenvalue weighted by Gasteiger charge is -2.34. The summed E-state index contributed by atoms with van der Waals surface area (Å²) in [6, 6.07) is 21.7. The van der Waals surface area contributed by atoms with Gasteiger partial charge in [-0.25, -0.2) is 9.59 Å². The van der Waals surface area contributed by atoms with Crippen molar-refractivity contribution in [2.24, 2.45) is 11.8 Å². The van der Waals surface area contributed by atoms with E-state index in [0.717, 1.165) is 29.7 Å². The molecule has 3 saturated heterocycles. The number of amides is 6. The molecule has 3 heterocycles. The van der Waals surface area contributed by atoms with E-state index in [1.54, 1.807) is 9.80 Å². The van der Waals surface area contributed by atoms with Gasteiger partial charge in [-0.15, -0.1) is 0 Å². The van der Waals surface area contributed by atoms with Gasteiger partial charge in [-0.3, -0.25) is 19.2 Å². The first-order valence-corrected chi connectivity index (χ1v) is 22.9. The van der Waals surface area contributed by atoms with Crippen LogP contribution < -0.4 is 26.2 Å². The third kappa shape index (κ3) is 11.2. The molecule has 0 aromatic heterocycles. The van der Waals surface area contributed by atoms with Crippen LogP contribution >= 0.6 is 0 Å². The van der Waals surface area contributed by atoms with Crippen molar-refractivity contribution in [3.05, 3.63) is 89.5 Å². The van der Waals surface area contributed by atoms with E-state index < -0.39 is 36.4 Å². The zero-order chi connectivity index (χ0) is 47.2. The molecule has 3 fully saturated rings. The Morgan fingerprint density at radius 2 is 0.954 bits per heavy atom. The fourth-order valence-electron chi connectivity index (χ4n) is 9.35. The minimum Gasteiger partial charge on any atom is -0.453 e. The molecule has 0 aliphatic carbocycles. The number of carbonyl (C=O) groups excluding carboxylic acids is 6. The van der Waals surface area contributed by atoms with Crippen LogP contribution in [0.2, 0.25) is 0 Å². The molecule has 15 heteroatoms. The molecule has 4 N–H and O–H groups in total. The molecule has 3 aliphatic rings. The van der Waals surface area contributed by atoms with Crippen molar-refractivity contribution in [1.29, 1.82) is 0 Å². The molecule has 15 nitrogen and oxygen atoms in total. The van der Waals surface area contributed by atoms with E-state index in [0.29, 0.717) is 50.1 Å². The zero-order valence-electron chi connectivity index (χ0n) is 39.3. The molecule has 6 rings (SSSR count). The topological polar surface area (TPSA) is 179 Å². The van der Waals surface area contributed by atoms with Crippen molar-refractivity contribution in [3.8, 4) is 0 Å². The molecule has 3 aliphatic heterocycles. The largest absolute Gasteiger partial charge is 0.453 e. The highest BCUT2D eigenvalue weighted by Crippen LogP contribution is 2.47. The molecule has 6 atom stereocenters. The lowest BCUT2D eigenvalue weighted by atomic mass is 9.87. The van der Waals surface area contributed by atoms with Gasteiger partial charge in [0.2, 0.25) is 23.6 Å². The SMILES string of the molecule is COC(=O)NC(C(=O)N1CCC[C@H]1C(=O)Nc1ccc([C@@H]2CC[C@@H](c3ccc(NC(=O)[C@@H]4CCCN4C(=O)[C@@H](NC(=O)OC)C(C)C)cc3)N2c2ccc(C(C)(C)C)cc2)cc1)C(C)C. The summed E-state index contributed by atoms with van der Waals surface area (Å²) in [5, 5.41) is 11.3. The Labute approximate surface area is 383 Å². The maximum Gasteiger partial charge on any atom is 0.407 e. The van der Waals surface area contributed by atoms with Crippen molar-refractivity contribution in [3.63, 3.8) is 0 Å². The Kier molecular flexibility index (Phi) is 15.5. The number of alkyl carbamates (subject to hydrolysis) is 2. The molecular weight excluding hydrogens is 827 g/mol. The maximum absolute atomic E-state index is 13.7. The van der Waals surface area contributed by atoms with Crippen LogP contribution in [-0.2, 0) is 34.1 Å². The monoisotopic (exact) mass is 894 g/mol. The molecule has 350 valence electrons. The molecule has 0 spiro atoms. The lowest BCUT2D eigenvalue weighted by Crippen LogP contribution is -2.54. The van der Waals surface area contributed by atoms with Gasteiger partial charge in [0.05, 0.1) is 26.3 Å². The molecule has 65 heavy (non-hydrogen) atoms. The molecule has 0 bridgehead atoms. The van der Waals surface area contributed by atoms with Crippen molar-refractivity contribution in [2.75, 3.05) is 42.8 Å². The third-order valence-electron chi connectivity index (χ3n) is 13.0. The van der Waals surface area contributed by atoms with Crippen molar-refractivity contribution in [1.82, 2.24) is 20.4 Å². The van der Waals surface area contributed by atoms with E-state index >= 15 is 0 Å². The Bertz CT molecular complexity index is 2050. The number of anilines is 3. The normalized spacial score (nSPS) is 20.6. The van der Waals surface area contributed by atoms with Gasteiger partial charge in [0.15, 0.2) is 0 Å². The van der Waals surface area contributed by atoms with Gasteiger partial charge in [0, 0.05) is 30.2 Å². The average Bonchev–Trinajstić information content (AvgIpc) is 4.08. The summed E-state index contributed by atoms with van der Waals surface area (Å²) in [7, 11) is 2.50. The van der Waals surface area contributed by atoms with Crippen LogP contribution in [0.1, 0.15) is 116 Å². The smallest absolute Gasteiger partial charge is 0.407 e. The second-order valence-corrected chi connectivity index (χ2v) is 19.1. The Morgan fingerprint density at radius 1 is 0.569 bits per heavy atom. The lowest BCUT2D eigenvalue weighted by molar-refractivity contribution is -0.139. The maximum atomic E-state index is 13.7. The first-order chi connectivity index (χ1) is 30.9. The van der Waals surface area contributed by atoms with E-state index in [4.69, 9.17) is 9.47 Å². The fourth-order valence-corrected chi connectivity index (χ4v) is 9.35. The van der Waals surface area contributed by atoms with Gasteiger partial charge < -0.3 is 45.4 Å². The van der Waals surface area contributed by atoms with Crippen LogP contribution in [0.15, 0.2) is 72.8 Å². The predicted molar refractivity (Wildman–Crippen MR) is 250 cm³/mol. The highest BCUT2D eigenvalue weighted by Gasteiger charge is 2.41. The summed E-state index contributed by atoms with van der Waals surface area (Å²) < 4.78 is 9.49. The number of methoxy groups -OCH3 is 2. The van der Waals surface area contributed by atoms with Gasteiger partial charge in [0.25, 0.3) is 0 Å². The van der Waals surface area contributed by atoms with Crippen LogP contribution in [0, 0.1) is 11.8 Å². The second kappa shape index (κ2) is 20.8. The van der Waals surface area contributed by atoms with Gasteiger partial charge in [-0.05, 0) is 109 Å². The third-order valence-corrected chi connectivity index (χ3v) is 13.0. The van der Waals surface area contributed by atoms with E-state index in [1.165, 1.54) is 19.8 Å². The summed E-state index contributed by atoms with van der Waals surface area (Å²) in [6.07, 6.45) is 2.77. The number of nitrogens with zero attached hydrogens (tertiary/aromatic N) is 3. The number of nitrogens with one attached hydrogen (secondary N) is 4. The standard InChI is InChI=1S/C50H67N7O8/c1-30(2)42(53-48(62)64-8)46(60)55-28-10-12-40(55)44(58)51-35-20-14-32(15-21-35)38-26-27-39(57(38)37-24-18-34(19-25-37)50(5,6)7)33-16-22-36(23-17-33)52-45(59)41-13-11-29-56(41)47(61)43(31(3)4)54-49(63)65-9/h14-25,30-31,38-43H,10-13,26-29H2,1-9H3,(H,51,58)(H,52,59)(H,53,62)(H,54,63)/t38-,39-,40-,41-,42-,43?/m0/s1. The molecule has 0 radical (unpaired) electrons. The summed E-state index contributed by atoms with van der Waals surface area (Å²) in [4.78, 5) is 84.1. The minimum atomic E-state index is -0.814. The zero-order valence-corrected chi connectivity index (χ0v) is 39.3. The molecule has 3 aromatic rings. The molecular formula is C50H67N7O8. The number of hydrogen-bond acceptors (Lipinski definition) is 9. The highest BCUT2D eigenvalue weighted by atomic mass is 16.5. The van der Waals surface area contributed by atoms with Crippen LogP contribution in [0.25, 0.3) is 0 Å². The molecule has 0 saturated carbocycles. The first-order valence-electron chi connectivity index (χ1n) is 22.9. The predicted octanol–water partition coefficient (Wildman–Crippen LogP) is 7.69. The highest BCUT2D eigenvalue weighted by molar-refractivity contribution is 5.99. The van der Waals surface area contributed by atoms with Crippen LogP contribution in [-0.4, -0.2) is 97.1 Å². The summed E-state index contributed by atoms with van der Waals surface area (Å²) in [5.74, 6) is -1.55. The van der Waals surface area contributed by atoms with Gasteiger partial charge in [-0.2, -0.15) is 0 Å². The molecule has 1 unspecified atom stereocenters.